The SMILES string of the molecule is CC(C)(C)c1ncc(CCN)o1. The topological polar surface area (TPSA) is 52.0 Å². The lowest BCUT2D eigenvalue weighted by Gasteiger charge is -2.11. The van der Waals surface area contributed by atoms with Crippen LogP contribution in [0.15, 0.2) is 10.6 Å². The molecule has 0 spiro atoms. The standard InChI is InChI=1S/C9H16N2O/c1-9(2,3)8-11-6-7(12-8)4-5-10/h6H,4-5,10H2,1-3H3. The number of oxazole rings is 1. The number of rotatable bonds is 2. The minimum Gasteiger partial charge on any atom is -0.445 e. The lowest BCUT2D eigenvalue weighted by atomic mass is 9.97. The number of aromatic nitrogens is 1. The molecule has 1 aromatic heterocycles. The van der Waals surface area contributed by atoms with Crippen LogP contribution < -0.4 is 5.73 Å². The molecule has 12 heavy (non-hydrogen) atoms. The van der Waals surface area contributed by atoms with Crippen molar-refractivity contribution in [1.82, 2.24) is 4.98 Å². The van der Waals surface area contributed by atoms with Crippen molar-refractivity contribution in [2.45, 2.75) is 32.6 Å². The quantitative estimate of drug-likeness (QED) is 0.727. The fraction of sp³-hybridized carbons (Fsp3) is 0.667. The summed E-state index contributed by atoms with van der Waals surface area (Å²) in [5.41, 5.74) is 5.38. The Hall–Kier alpha value is -0.830. The first-order valence-electron chi connectivity index (χ1n) is 4.19. The molecule has 0 bridgehead atoms. The molecule has 0 amide bonds. The average Bonchev–Trinajstić information content (AvgIpc) is 2.35. The highest BCUT2D eigenvalue weighted by Gasteiger charge is 2.19. The van der Waals surface area contributed by atoms with Gasteiger partial charge < -0.3 is 10.2 Å². The Bertz CT molecular complexity index is 247. The second-order valence-electron chi connectivity index (χ2n) is 3.92. The van der Waals surface area contributed by atoms with E-state index in [2.05, 4.69) is 25.8 Å². The van der Waals surface area contributed by atoms with Gasteiger partial charge in [-0.15, -0.1) is 0 Å². The Morgan fingerprint density at radius 1 is 1.50 bits per heavy atom. The predicted octanol–water partition coefficient (Wildman–Crippen LogP) is 1.47. The fourth-order valence-corrected chi connectivity index (χ4v) is 0.912. The first kappa shape index (κ1) is 9.26. The third kappa shape index (κ3) is 2.08. The molecule has 2 N–H and O–H groups in total. The third-order valence-corrected chi connectivity index (χ3v) is 1.59. The van der Waals surface area contributed by atoms with Crippen LogP contribution in [0.5, 0.6) is 0 Å². The zero-order chi connectivity index (χ0) is 9.19. The summed E-state index contributed by atoms with van der Waals surface area (Å²) in [6, 6.07) is 0. The monoisotopic (exact) mass is 168 g/mol. The molecule has 3 heteroatoms. The number of nitrogens with two attached hydrogens (primary N) is 1. The lowest BCUT2D eigenvalue weighted by molar-refractivity contribution is 0.373. The van der Waals surface area contributed by atoms with Crippen LogP contribution in [-0.4, -0.2) is 11.5 Å². The molecule has 0 aliphatic rings. The van der Waals surface area contributed by atoms with Gasteiger partial charge in [0.1, 0.15) is 5.76 Å². The molecule has 0 saturated carbocycles. The van der Waals surface area contributed by atoms with Gasteiger partial charge in [-0.2, -0.15) is 0 Å². The summed E-state index contributed by atoms with van der Waals surface area (Å²) in [4.78, 5) is 4.18. The van der Waals surface area contributed by atoms with E-state index >= 15 is 0 Å². The van der Waals surface area contributed by atoms with E-state index in [1.807, 2.05) is 0 Å². The van der Waals surface area contributed by atoms with E-state index in [1.54, 1.807) is 6.20 Å². The van der Waals surface area contributed by atoms with Gasteiger partial charge in [0, 0.05) is 11.8 Å². The minimum atomic E-state index is -0.00709. The highest BCUT2D eigenvalue weighted by atomic mass is 16.4. The predicted molar refractivity (Wildman–Crippen MR) is 48.0 cm³/mol. The van der Waals surface area contributed by atoms with Gasteiger partial charge in [0.2, 0.25) is 0 Å². The summed E-state index contributed by atoms with van der Waals surface area (Å²) in [6.07, 6.45) is 2.52. The normalized spacial score (nSPS) is 12.0. The van der Waals surface area contributed by atoms with Gasteiger partial charge in [-0.3, -0.25) is 0 Å². The summed E-state index contributed by atoms with van der Waals surface area (Å²) in [6.45, 7) is 6.83. The Balaban J connectivity index is 2.77. The Labute approximate surface area is 73.0 Å². The molecule has 0 fully saturated rings. The zero-order valence-corrected chi connectivity index (χ0v) is 7.92. The number of nitrogens with zero attached hydrogens (tertiary/aromatic N) is 1. The third-order valence-electron chi connectivity index (χ3n) is 1.59. The van der Waals surface area contributed by atoms with Gasteiger partial charge in [-0.05, 0) is 6.54 Å². The van der Waals surface area contributed by atoms with Crippen LogP contribution in [0.1, 0.15) is 32.4 Å². The largest absolute Gasteiger partial charge is 0.445 e. The van der Waals surface area contributed by atoms with Gasteiger partial charge in [-0.1, -0.05) is 20.8 Å². The molecule has 0 radical (unpaired) electrons. The van der Waals surface area contributed by atoms with Crippen LogP contribution >= 0.6 is 0 Å². The summed E-state index contributed by atoms with van der Waals surface area (Å²) >= 11 is 0. The van der Waals surface area contributed by atoms with Gasteiger partial charge in [-0.25, -0.2) is 4.98 Å². The molecule has 0 aliphatic carbocycles. The average molecular weight is 168 g/mol. The van der Waals surface area contributed by atoms with Gasteiger partial charge >= 0.3 is 0 Å². The van der Waals surface area contributed by atoms with Gasteiger partial charge in [0.25, 0.3) is 0 Å². The van der Waals surface area contributed by atoms with E-state index < -0.39 is 0 Å². The van der Waals surface area contributed by atoms with Crippen molar-refractivity contribution >= 4 is 0 Å². The van der Waals surface area contributed by atoms with Gasteiger partial charge in [0.15, 0.2) is 5.89 Å². The van der Waals surface area contributed by atoms with Crippen molar-refractivity contribution in [1.29, 1.82) is 0 Å². The first-order valence-corrected chi connectivity index (χ1v) is 4.19. The zero-order valence-electron chi connectivity index (χ0n) is 7.92. The Morgan fingerprint density at radius 3 is 2.58 bits per heavy atom. The second kappa shape index (κ2) is 3.27. The van der Waals surface area contributed by atoms with E-state index in [0.29, 0.717) is 6.54 Å². The van der Waals surface area contributed by atoms with E-state index in [9.17, 15) is 0 Å². The molecule has 1 aromatic rings. The Kier molecular flexibility index (Phi) is 2.52. The summed E-state index contributed by atoms with van der Waals surface area (Å²) in [7, 11) is 0. The molecular weight excluding hydrogens is 152 g/mol. The number of hydrogen-bond donors (Lipinski definition) is 1. The van der Waals surface area contributed by atoms with Crippen LogP contribution in [-0.2, 0) is 11.8 Å². The lowest BCUT2D eigenvalue weighted by Crippen LogP contribution is -2.11. The highest BCUT2D eigenvalue weighted by molar-refractivity contribution is 5.02. The van der Waals surface area contributed by atoms with Crippen molar-refractivity contribution in [2.24, 2.45) is 5.73 Å². The number of hydrogen-bond acceptors (Lipinski definition) is 3. The maximum Gasteiger partial charge on any atom is 0.199 e. The molecule has 1 heterocycles. The van der Waals surface area contributed by atoms with E-state index in [4.69, 9.17) is 10.2 Å². The maximum absolute atomic E-state index is 5.50. The second-order valence-corrected chi connectivity index (χ2v) is 3.92. The molecule has 0 unspecified atom stereocenters. The van der Waals surface area contributed by atoms with Crippen LogP contribution in [0.2, 0.25) is 0 Å². The summed E-state index contributed by atoms with van der Waals surface area (Å²) in [5, 5.41) is 0. The fourth-order valence-electron chi connectivity index (χ4n) is 0.912. The van der Waals surface area contributed by atoms with Crippen LogP contribution in [0.25, 0.3) is 0 Å². The molecule has 1 rings (SSSR count). The van der Waals surface area contributed by atoms with Crippen molar-refractivity contribution in [3.05, 3.63) is 17.8 Å². The van der Waals surface area contributed by atoms with Crippen molar-refractivity contribution in [3.8, 4) is 0 Å². The molecule has 0 atom stereocenters. The van der Waals surface area contributed by atoms with E-state index in [1.165, 1.54) is 0 Å². The van der Waals surface area contributed by atoms with E-state index in [-0.39, 0.29) is 5.41 Å². The van der Waals surface area contributed by atoms with Crippen molar-refractivity contribution < 1.29 is 4.42 Å². The van der Waals surface area contributed by atoms with Crippen molar-refractivity contribution in [3.63, 3.8) is 0 Å². The van der Waals surface area contributed by atoms with Crippen LogP contribution in [0.4, 0.5) is 0 Å². The molecule has 3 nitrogen and oxygen atoms in total. The van der Waals surface area contributed by atoms with Crippen LogP contribution in [0.3, 0.4) is 0 Å². The molecule has 0 saturated heterocycles. The maximum atomic E-state index is 5.50. The summed E-state index contributed by atoms with van der Waals surface area (Å²) in [5.74, 6) is 1.66. The Morgan fingerprint density at radius 2 is 2.17 bits per heavy atom. The first-order chi connectivity index (χ1) is 5.54. The highest BCUT2D eigenvalue weighted by Crippen LogP contribution is 2.21. The smallest absolute Gasteiger partial charge is 0.199 e. The molecule has 0 aliphatic heterocycles. The van der Waals surface area contributed by atoms with Gasteiger partial charge in [0.05, 0.1) is 6.20 Å². The van der Waals surface area contributed by atoms with Crippen molar-refractivity contribution in [2.75, 3.05) is 6.54 Å². The van der Waals surface area contributed by atoms with Crippen LogP contribution in [0, 0.1) is 0 Å². The summed E-state index contributed by atoms with van der Waals surface area (Å²) < 4.78 is 5.50. The molecular formula is C9H16N2O. The van der Waals surface area contributed by atoms with E-state index in [0.717, 1.165) is 18.1 Å². The molecule has 0 aromatic carbocycles. The minimum absolute atomic E-state index is 0.00709. The molecule has 68 valence electrons.